The molecule has 1 aromatic rings. The summed E-state index contributed by atoms with van der Waals surface area (Å²) >= 11 is 9.80. The van der Waals surface area contributed by atoms with Gasteiger partial charge in [0.25, 0.3) is 0 Å². The van der Waals surface area contributed by atoms with E-state index in [2.05, 4.69) is 40.7 Å². The van der Waals surface area contributed by atoms with E-state index in [-0.39, 0.29) is 12.1 Å². The van der Waals surface area contributed by atoms with Crippen LogP contribution in [0.5, 0.6) is 0 Å². The molecule has 0 bridgehead atoms. The van der Waals surface area contributed by atoms with E-state index in [0.717, 1.165) is 29.0 Å². The standard InChI is InChI=1S/C15H22BrClN2/c1-10(2)9-19-7-3-4-14(18)15(19)12-8-11(17)5-6-13(12)16/h5-6,8,10,14-15H,3-4,7,9,18H2,1-2H3. The number of nitrogens with zero attached hydrogens (tertiary/aromatic N) is 1. The molecule has 2 unspecified atom stereocenters. The molecule has 0 spiro atoms. The van der Waals surface area contributed by atoms with Gasteiger partial charge in [-0.15, -0.1) is 0 Å². The maximum absolute atomic E-state index is 6.39. The van der Waals surface area contributed by atoms with E-state index >= 15 is 0 Å². The summed E-state index contributed by atoms with van der Waals surface area (Å²) < 4.78 is 1.10. The Hall–Kier alpha value is -0.0900. The third-order valence-corrected chi connectivity index (χ3v) is 4.62. The van der Waals surface area contributed by atoms with Crippen molar-refractivity contribution in [2.24, 2.45) is 11.7 Å². The SMILES string of the molecule is CC(C)CN1CCCC(N)C1c1cc(Cl)ccc1Br. The first kappa shape index (κ1) is 15.3. The summed E-state index contributed by atoms with van der Waals surface area (Å²) in [6.45, 7) is 6.71. The molecule has 1 saturated heterocycles. The molecule has 2 rings (SSSR count). The van der Waals surface area contributed by atoms with Crippen LogP contribution in [0, 0.1) is 5.92 Å². The van der Waals surface area contributed by atoms with Crippen molar-refractivity contribution < 1.29 is 0 Å². The van der Waals surface area contributed by atoms with Gasteiger partial charge in [-0.1, -0.05) is 41.4 Å². The second-order valence-corrected chi connectivity index (χ2v) is 7.10. The topological polar surface area (TPSA) is 29.3 Å². The van der Waals surface area contributed by atoms with Crippen LogP contribution in [0.3, 0.4) is 0 Å². The molecule has 1 fully saturated rings. The number of hydrogen-bond donors (Lipinski definition) is 1. The Kier molecular flexibility index (Phi) is 5.29. The van der Waals surface area contributed by atoms with Gasteiger partial charge in [-0.3, -0.25) is 4.90 Å². The average molecular weight is 346 g/mol. The van der Waals surface area contributed by atoms with E-state index < -0.39 is 0 Å². The monoisotopic (exact) mass is 344 g/mol. The van der Waals surface area contributed by atoms with Crippen LogP contribution < -0.4 is 5.73 Å². The normalized spacial score (nSPS) is 24.9. The number of rotatable bonds is 3. The number of hydrogen-bond acceptors (Lipinski definition) is 2. The molecule has 0 saturated carbocycles. The summed E-state index contributed by atoms with van der Waals surface area (Å²) in [5, 5.41) is 0.778. The second-order valence-electron chi connectivity index (χ2n) is 5.81. The van der Waals surface area contributed by atoms with Gasteiger partial charge in [-0.05, 0) is 49.1 Å². The fourth-order valence-corrected chi connectivity index (χ4v) is 3.60. The van der Waals surface area contributed by atoms with Crippen molar-refractivity contribution in [3.63, 3.8) is 0 Å². The third-order valence-electron chi connectivity index (χ3n) is 3.66. The lowest BCUT2D eigenvalue weighted by molar-refractivity contribution is 0.113. The van der Waals surface area contributed by atoms with E-state index in [1.165, 1.54) is 12.0 Å². The molecule has 0 radical (unpaired) electrons. The Labute approximate surface area is 129 Å². The first-order chi connectivity index (χ1) is 8.99. The van der Waals surface area contributed by atoms with Crippen LogP contribution >= 0.6 is 27.5 Å². The number of piperidine rings is 1. The molecule has 2 atom stereocenters. The first-order valence-corrected chi connectivity index (χ1v) is 8.10. The average Bonchev–Trinajstić information content (AvgIpc) is 2.32. The summed E-state index contributed by atoms with van der Waals surface area (Å²) in [5.41, 5.74) is 7.61. The Balaban J connectivity index is 2.33. The highest BCUT2D eigenvalue weighted by atomic mass is 79.9. The molecule has 1 aliphatic heterocycles. The van der Waals surface area contributed by atoms with Crippen LogP contribution in [0.2, 0.25) is 5.02 Å². The van der Waals surface area contributed by atoms with Crippen LogP contribution in [0.15, 0.2) is 22.7 Å². The zero-order valence-electron chi connectivity index (χ0n) is 11.6. The summed E-state index contributed by atoms with van der Waals surface area (Å²) in [5.74, 6) is 0.644. The fourth-order valence-electron chi connectivity index (χ4n) is 2.94. The molecule has 0 aliphatic carbocycles. The van der Waals surface area contributed by atoms with Crippen molar-refractivity contribution in [2.75, 3.05) is 13.1 Å². The molecular weight excluding hydrogens is 324 g/mol. The minimum Gasteiger partial charge on any atom is -0.326 e. The molecule has 1 heterocycles. The molecule has 106 valence electrons. The Morgan fingerprint density at radius 2 is 2.21 bits per heavy atom. The van der Waals surface area contributed by atoms with Gasteiger partial charge in [-0.2, -0.15) is 0 Å². The highest BCUT2D eigenvalue weighted by Crippen LogP contribution is 2.36. The van der Waals surface area contributed by atoms with Gasteiger partial charge in [-0.25, -0.2) is 0 Å². The van der Waals surface area contributed by atoms with E-state index in [1.807, 2.05) is 12.1 Å². The van der Waals surface area contributed by atoms with Crippen molar-refractivity contribution in [2.45, 2.75) is 38.8 Å². The molecule has 1 aromatic carbocycles. The van der Waals surface area contributed by atoms with Gasteiger partial charge in [0.1, 0.15) is 0 Å². The van der Waals surface area contributed by atoms with E-state index in [9.17, 15) is 0 Å². The van der Waals surface area contributed by atoms with Crippen molar-refractivity contribution in [3.05, 3.63) is 33.3 Å². The predicted octanol–water partition coefficient (Wildman–Crippen LogP) is 4.22. The van der Waals surface area contributed by atoms with E-state index in [0.29, 0.717) is 5.92 Å². The van der Waals surface area contributed by atoms with Gasteiger partial charge >= 0.3 is 0 Å². The van der Waals surface area contributed by atoms with Crippen LogP contribution in [-0.2, 0) is 0 Å². The molecule has 1 aliphatic rings. The fraction of sp³-hybridized carbons (Fsp3) is 0.600. The molecule has 4 heteroatoms. The predicted molar refractivity (Wildman–Crippen MR) is 85.5 cm³/mol. The first-order valence-electron chi connectivity index (χ1n) is 6.93. The lowest BCUT2D eigenvalue weighted by Gasteiger charge is -2.41. The molecule has 0 amide bonds. The summed E-state index contributed by atoms with van der Waals surface area (Å²) in [6.07, 6.45) is 2.26. The van der Waals surface area contributed by atoms with E-state index in [4.69, 9.17) is 17.3 Å². The van der Waals surface area contributed by atoms with Crippen LogP contribution in [0.1, 0.15) is 38.3 Å². The largest absolute Gasteiger partial charge is 0.326 e. The van der Waals surface area contributed by atoms with Gasteiger partial charge in [0, 0.05) is 22.1 Å². The number of likely N-dealkylation sites (tertiary alicyclic amines) is 1. The van der Waals surface area contributed by atoms with Crippen LogP contribution in [0.25, 0.3) is 0 Å². The van der Waals surface area contributed by atoms with E-state index in [1.54, 1.807) is 0 Å². The minimum absolute atomic E-state index is 0.183. The molecule has 19 heavy (non-hydrogen) atoms. The smallest absolute Gasteiger partial charge is 0.0510 e. The van der Waals surface area contributed by atoms with Gasteiger partial charge < -0.3 is 5.73 Å². The number of nitrogens with two attached hydrogens (primary N) is 1. The van der Waals surface area contributed by atoms with Crippen LogP contribution in [-0.4, -0.2) is 24.0 Å². The zero-order valence-corrected chi connectivity index (χ0v) is 13.9. The molecule has 0 aromatic heterocycles. The molecule has 2 N–H and O–H groups in total. The van der Waals surface area contributed by atoms with Crippen molar-refractivity contribution in [1.82, 2.24) is 4.90 Å². The highest BCUT2D eigenvalue weighted by molar-refractivity contribution is 9.10. The summed E-state index contributed by atoms with van der Waals surface area (Å²) in [7, 11) is 0. The Morgan fingerprint density at radius 3 is 2.89 bits per heavy atom. The van der Waals surface area contributed by atoms with Crippen molar-refractivity contribution in [3.8, 4) is 0 Å². The van der Waals surface area contributed by atoms with Gasteiger partial charge in [0.15, 0.2) is 0 Å². The van der Waals surface area contributed by atoms with Crippen LogP contribution in [0.4, 0.5) is 0 Å². The van der Waals surface area contributed by atoms with Crippen molar-refractivity contribution >= 4 is 27.5 Å². The van der Waals surface area contributed by atoms with Gasteiger partial charge in [0.05, 0.1) is 6.04 Å². The lowest BCUT2D eigenvalue weighted by atomic mass is 9.90. The van der Waals surface area contributed by atoms with Crippen molar-refractivity contribution in [1.29, 1.82) is 0 Å². The Bertz CT molecular complexity index is 436. The number of benzene rings is 1. The summed E-state index contributed by atoms with van der Waals surface area (Å²) in [6, 6.07) is 6.43. The maximum Gasteiger partial charge on any atom is 0.0510 e. The molecular formula is C15H22BrClN2. The summed E-state index contributed by atoms with van der Waals surface area (Å²) in [4.78, 5) is 2.51. The lowest BCUT2D eigenvalue weighted by Crippen LogP contribution is -2.47. The zero-order chi connectivity index (χ0) is 14.0. The quantitative estimate of drug-likeness (QED) is 0.888. The third kappa shape index (κ3) is 3.72. The number of halogens is 2. The minimum atomic E-state index is 0.183. The highest BCUT2D eigenvalue weighted by Gasteiger charge is 2.31. The maximum atomic E-state index is 6.39. The molecule has 2 nitrogen and oxygen atoms in total. The second kappa shape index (κ2) is 6.57. The Morgan fingerprint density at radius 1 is 1.47 bits per heavy atom. The van der Waals surface area contributed by atoms with Gasteiger partial charge in [0.2, 0.25) is 0 Å².